The molecule has 0 atom stereocenters. The average Bonchev–Trinajstić information content (AvgIpc) is 1.80. The Balaban J connectivity index is 0.000000810. The standard InChI is InChI=1S/C7H6Cl2.H2O/c1-5-2-3-6(8)4-7(5)9;/h2-4H,1H3;1H2. The van der Waals surface area contributed by atoms with Gasteiger partial charge in [-0.2, -0.15) is 0 Å². The Morgan fingerprint density at radius 3 is 2.20 bits per heavy atom. The highest BCUT2D eigenvalue weighted by Crippen LogP contribution is 2.19. The molecule has 0 saturated carbocycles. The van der Waals surface area contributed by atoms with Crippen molar-refractivity contribution >= 4 is 23.2 Å². The first-order chi connectivity index (χ1) is 4.20. The Bertz CT molecular complexity index is 223. The van der Waals surface area contributed by atoms with Gasteiger partial charge in [-0.3, -0.25) is 0 Å². The summed E-state index contributed by atoms with van der Waals surface area (Å²) in [5, 5.41) is 1.41. The van der Waals surface area contributed by atoms with Crippen molar-refractivity contribution in [2.75, 3.05) is 0 Å². The molecule has 0 fully saturated rings. The lowest BCUT2D eigenvalue weighted by molar-refractivity contribution is 0.824. The van der Waals surface area contributed by atoms with E-state index >= 15 is 0 Å². The average molecular weight is 179 g/mol. The zero-order valence-electron chi connectivity index (χ0n) is 5.49. The predicted molar refractivity (Wildman–Crippen MR) is 44.8 cm³/mol. The SMILES string of the molecule is Cc1ccc(Cl)cc1Cl.O. The largest absolute Gasteiger partial charge is 0.412 e. The molecule has 1 nitrogen and oxygen atoms in total. The lowest BCUT2D eigenvalue weighted by Gasteiger charge is -1.94. The van der Waals surface area contributed by atoms with Crippen LogP contribution in [0.5, 0.6) is 0 Å². The van der Waals surface area contributed by atoms with Gasteiger partial charge in [0, 0.05) is 10.0 Å². The fourth-order valence-electron chi connectivity index (χ4n) is 0.567. The van der Waals surface area contributed by atoms with Crippen LogP contribution in [0.3, 0.4) is 0 Å². The Morgan fingerprint density at radius 2 is 1.80 bits per heavy atom. The molecule has 0 bridgehead atoms. The van der Waals surface area contributed by atoms with Crippen molar-refractivity contribution in [1.82, 2.24) is 0 Å². The van der Waals surface area contributed by atoms with E-state index < -0.39 is 0 Å². The molecule has 10 heavy (non-hydrogen) atoms. The Kier molecular flexibility index (Phi) is 3.72. The summed E-state index contributed by atoms with van der Waals surface area (Å²) < 4.78 is 0. The van der Waals surface area contributed by atoms with Gasteiger partial charge in [-0.25, -0.2) is 0 Å². The Morgan fingerprint density at radius 1 is 1.20 bits per heavy atom. The molecule has 3 heteroatoms. The van der Waals surface area contributed by atoms with Gasteiger partial charge in [-0.15, -0.1) is 0 Å². The summed E-state index contributed by atoms with van der Waals surface area (Å²) in [6.45, 7) is 1.94. The van der Waals surface area contributed by atoms with Crippen molar-refractivity contribution in [1.29, 1.82) is 0 Å². The topological polar surface area (TPSA) is 31.5 Å². The zero-order valence-corrected chi connectivity index (χ0v) is 7.00. The van der Waals surface area contributed by atoms with Crippen molar-refractivity contribution in [2.24, 2.45) is 0 Å². The second kappa shape index (κ2) is 3.81. The third-order valence-corrected chi connectivity index (χ3v) is 1.78. The first-order valence-electron chi connectivity index (χ1n) is 2.62. The quantitative estimate of drug-likeness (QED) is 0.585. The van der Waals surface area contributed by atoms with Crippen molar-refractivity contribution in [3.63, 3.8) is 0 Å². The van der Waals surface area contributed by atoms with Gasteiger partial charge >= 0.3 is 0 Å². The first kappa shape index (κ1) is 9.76. The third kappa shape index (κ3) is 2.18. The van der Waals surface area contributed by atoms with Crippen LogP contribution in [0.25, 0.3) is 0 Å². The highest BCUT2D eigenvalue weighted by atomic mass is 35.5. The maximum absolute atomic E-state index is 5.73. The highest BCUT2D eigenvalue weighted by Gasteiger charge is 1.92. The Hall–Kier alpha value is -0.240. The van der Waals surface area contributed by atoms with Gasteiger partial charge in [0.2, 0.25) is 0 Å². The molecule has 0 radical (unpaired) electrons. The molecule has 56 valence electrons. The van der Waals surface area contributed by atoms with E-state index in [9.17, 15) is 0 Å². The smallest absolute Gasteiger partial charge is 0.0449 e. The molecule has 1 rings (SSSR count). The molecular weight excluding hydrogens is 171 g/mol. The summed E-state index contributed by atoms with van der Waals surface area (Å²) in [4.78, 5) is 0. The summed E-state index contributed by atoms with van der Waals surface area (Å²) in [6, 6.07) is 5.45. The van der Waals surface area contributed by atoms with Gasteiger partial charge in [-0.1, -0.05) is 29.3 Å². The van der Waals surface area contributed by atoms with E-state index in [0.29, 0.717) is 5.02 Å². The molecule has 0 aliphatic carbocycles. The molecule has 0 saturated heterocycles. The Labute approximate surface area is 69.9 Å². The van der Waals surface area contributed by atoms with Gasteiger partial charge in [0.1, 0.15) is 0 Å². The lowest BCUT2D eigenvalue weighted by Crippen LogP contribution is -1.71. The number of hydrogen-bond acceptors (Lipinski definition) is 0. The van der Waals surface area contributed by atoms with Gasteiger partial charge in [0.05, 0.1) is 0 Å². The monoisotopic (exact) mass is 178 g/mol. The summed E-state index contributed by atoms with van der Waals surface area (Å²) in [7, 11) is 0. The predicted octanol–water partition coefficient (Wildman–Crippen LogP) is 2.48. The second-order valence-corrected chi connectivity index (χ2v) is 2.74. The zero-order chi connectivity index (χ0) is 6.85. The van der Waals surface area contributed by atoms with Crippen LogP contribution in [-0.4, -0.2) is 5.48 Å². The van der Waals surface area contributed by atoms with Crippen LogP contribution in [0.2, 0.25) is 10.0 Å². The molecule has 0 aliphatic heterocycles. The van der Waals surface area contributed by atoms with E-state index in [2.05, 4.69) is 0 Å². The molecule has 0 unspecified atom stereocenters. The molecule has 0 amide bonds. The van der Waals surface area contributed by atoms with E-state index in [1.807, 2.05) is 19.1 Å². The summed E-state index contributed by atoms with van der Waals surface area (Å²) in [5.74, 6) is 0. The minimum atomic E-state index is 0. The summed E-state index contributed by atoms with van der Waals surface area (Å²) in [6.07, 6.45) is 0. The number of benzene rings is 1. The lowest BCUT2D eigenvalue weighted by atomic mass is 10.2. The molecule has 2 N–H and O–H groups in total. The highest BCUT2D eigenvalue weighted by molar-refractivity contribution is 6.35. The van der Waals surface area contributed by atoms with E-state index in [4.69, 9.17) is 23.2 Å². The van der Waals surface area contributed by atoms with Crippen LogP contribution in [0.1, 0.15) is 5.56 Å². The second-order valence-electron chi connectivity index (χ2n) is 1.89. The molecule has 0 spiro atoms. The van der Waals surface area contributed by atoms with Crippen LogP contribution in [0, 0.1) is 6.92 Å². The van der Waals surface area contributed by atoms with Crippen molar-refractivity contribution in [3.8, 4) is 0 Å². The molecule has 0 heterocycles. The van der Waals surface area contributed by atoms with E-state index in [-0.39, 0.29) is 5.48 Å². The van der Waals surface area contributed by atoms with Crippen LogP contribution in [0.4, 0.5) is 0 Å². The first-order valence-corrected chi connectivity index (χ1v) is 3.37. The number of halogens is 2. The van der Waals surface area contributed by atoms with Gasteiger partial charge in [0.15, 0.2) is 0 Å². The van der Waals surface area contributed by atoms with Gasteiger partial charge < -0.3 is 5.48 Å². The summed E-state index contributed by atoms with van der Waals surface area (Å²) in [5.41, 5.74) is 1.06. The fourth-order valence-corrected chi connectivity index (χ4v) is 0.976. The number of hydrogen-bond donors (Lipinski definition) is 0. The number of rotatable bonds is 0. The van der Waals surface area contributed by atoms with Gasteiger partial charge in [-0.05, 0) is 24.6 Å². The van der Waals surface area contributed by atoms with Crippen LogP contribution in [0.15, 0.2) is 18.2 Å². The van der Waals surface area contributed by atoms with E-state index in [1.54, 1.807) is 6.07 Å². The van der Waals surface area contributed by atoms with Crippen molar-refractivity contribution in [2.45, 2.75) is 6.92 Å². The van der Waals surface area contributed by atoms with Crippen LogP contribution in [-0.2, 0) is 0 Å². The van der Waals surface area contributed by atoms with E-state index in [1.165, 1.54) is 0 Å². The number of aryl methyl sites for hydroxylation is 1. The maximum Gasteiger partial charge on any atom is 0.0449 e. The maximum atomic E-state index is 5.73. The van der Waals surface area contributed by atoms with Crippen LogP contribution >= 0.6 is 23.2 Å². The van der Waals surface area contributed by atoms with Crippen molar-refractivity contribution in [3.05, 3.63) is 33.8 Å². The van der Waals surface area contributed by atoms with Crippen molar-refractivity contribution < 1.29 is 5.48 Å². The minimum absolute atomic E-state index is 0. The molecule has 1 aromatic rings. The van der Waals surface area contributed by atoms with Crippen LogP contribution < -0.4 is 0 Å². The van der Waals surface area contributed by atoms with E-state index in [0.717, 1.165) is 10.6 Å². The molecule has 0 aromatic heterocycles. The summed E-state index contributed by atoms with van der Waals surface area (Å²) >= 11 is 11.4. The fraction of sp³-hybridized carbons (Fsp3) is 0.143. The molecular formula is C7H8Cl2O. The third-order valence-electron chi connectivity index (χ3n) is 1.13. The normalized spacial score (nSPS) is 8.70. The molecule has 0 aliphatic rings. The minimum Gasteiger partial charge on any atom is -0.412 e. The van der Waals surface area contributed by atoms with Gasteiger partial charge in [0.25, 0.3) is 0 Å². The molecule has 1 aromatic carbocycles.